The number of nitrogens with one attached hydrogen (secondary N) is 1. The number of rotatable bonds is 6. The lowest BCUT2D eigenvalue weighted by atomic mass is 10.1. The van der Waals surface area contributed by atoms with Crippen LogP contribution in [-0.4, -0.2) is 33.2 Å². The highest BCUT2D eigenvalue weighted by molar-refractivity contribution is 5.83. The molecule has 1 amide bonds. The number of benzene rings is 2. The van der Waals surface area contributed by atoms with Crippen LogP contribution in [0.25, 0.3) is 0 Å². The Morgan fingerprint density at radius 1 is 1.17 bits per heavy atom. The molecule has 7 nitrogen and oxygen atoms in total. The predicted molar refractivity (Wildman–Crippen MR) is 87.2 cm³/mol. The van der Waals surface area contributed by atoms with Gasteiger partial charge in [0.2, 0.25) is 5.91 Å². The average Bonchev–Trinajstić information content (AvgIpc) is 3.15. The summed E-state index contributed by atoms with van der Waals surface area (Å²) in [6.07, 6.45) is 1.44. The summed E-state index contributed by atoms with van der Waals surface area (Å²) in [5, 5.41) is 14.1. The monoisotopic (exact) mass is 323 g/mol. The molecule has 0 unspecified atom stereocenters. The Labute approximate surface area is 139 Å². The second kappa shape index (κ2) is 7.36. The summed E-state index contributed by atoms with van der Waals surface area (Å²) in [6, 6.07) is 16.3. The zero-order valence-corrected chi connectivity index (χ0v) is 13.2. The number of hydrogen-bond acceptors (Lipinski definition) is 5. The Balaban J connectivity index is 1.74. The van der Waals surface area contributed by atoms with Crippen molar-refractivity contribution in [2.75, 3.05) is 7.11 Å². The molecule has 0 saturated heterocycles. The number of hydrogen-bond donors (Lipinski definition) is 1. The van der Waals surface area contributed by atoms with E-state index in [0.717, 1.165) is 16.9 Å². The molecule has 0 radical (unpaired) electrons. The fourth-order valence-electron chi connectivity index (χ4n) is 2.38. The van der Waals surface area contributed by atoms with Crippen molar-refractivity contribution >= 4 is 5.91 Å². The maximum absolute atomic E-state index is 12.7. The lowest BCUT2D eigenvalue weighted by Gasteiger charge is -2.16. The molecule has 0 aliphatic carbocycles. The first-order chi connectivity index (χ1) is 11.8. The fraction of sp³-hybridized carbons (Fsp3) is 0.176. The zero-order chi connectivity index (χ0) is 16.8. The molecule has 2 aromatic carbocycles. The molecule has 0 aliphatic heterocycles. The number of methoxy groups -OCH3 is 1. The number of aromatic nitrogens is 4. The number of tetrazole rings is 1. The molecule has 0 saturated carbocycles. The summed E-state index contributed by atoms with van der Waals surface area (Å²) in [5.74, 6) is 0.602. The highest BCUT2D eigenvalue weighted by Crippen LogP contribution is 2.17. The van der Waals surface area contributed by atoms with Gasteiger partial charge in [-0.2, -0.15) is 0 Å². The zero-order valence-electron chi connectivity index (χ0n) is 13.2. The number of nitrogens with zero attached hydrogens (tertiary/aromatic N) is 4. The lowest BCUT2D eigenvalue weighted by Crippen LogP contribution is -2.33. The largest absolute Gasteiger partial charge is 0.497 e. The summed E-state index contributed by atoms with van der Waals surface area (Å²) in [5.41, 5.74) is 1.80. The molecule has 24 heavy (non-hydrogen) atoms. The van der Waals surface area contributed by atoms with Gasteiger partial charge in [-0.05, 0) is 33.7 Å². The molecule has 0 spiro atoms. The van der Waals surface area contributed by atoms with Gasteiger partial charge in [0.25, 0.3) is 0 Å². The maximum Gasteiger partial charge on any atom is 0.249 e. The van der Waals surface area contributed by atoms with Crippen molar-refractivity contribution in [3.05, 3.63) is 72.1 Å². The molecule has 7 heteroatoms. The van der Waals surface area contributed by atoms with Gasteiger partial charge in [0.15, 0.2) is 6.04 Å². The van der Waals surface area contributed by atoms with Crippen molar-refractivity contribution in [3.8, 4) is 5.75 Å². The van der Waals surface area contributed by atoms with Crippen molar-refractivity contribution in [3.63, 3.8) is 0 Å². The van der Waals surface area contributed by atoms with Crippen LogP contribution in [-0.2, 0) is 11.3 Å². The molecule has 1 atom stereocenters. The Morgan fingerprint density at radius 3 is 2.54 bits per heavy atom. The third-order valence-electron chi connectivity index (χ3n) is 3.62. The number of carbonyl (C=O) groups is 1. The molecule has 0 fully saturated rings. The van der Waals surface area contributed by atoms with Crippen LogP contribution in [0.15, 0.2) is 60.9 Å². The van der Waals surface area contributed by atoms with Crippen LogP contribution in [0.2, 0.25) is 0 Å². The topological polar surface area (TPSA) is 81.9 Å². The first-order valence-corrected chi connectivity index (χ1v) is 7.46. The summed E-state index contributed by atoms with van der Waals surface area (Å²) in [6.45, 7) is 0.411. The Morgan fingerprint density at radius 2 is 1.92 bits per heavy atom. The van der Waals surface area contributed by atoms with Gasteiger partial charge in [0, 0.05) is 6.54 Å². The first kappa shape index (κ1) is 15.7. The Bertz CT molecular complexity index is 773. The SMILES string of the molecule is COc1ccc(CNC(=O)[C@@H](c2ccccc2)n2cnnn2)cc1. The van der Waals surface area contributed by atoms with Gasteiger partial charge in [0.05, 0.1) is 7.11 Å². The van der Waals surface area contributed by atoms with E-state index in [-0.39, 0.29) is 5.91 Å². The van der Waals surface area contributed by atoms with Gasteiger partial charge >= 0.3 is 0 Å². The van der Waals surface area contributed by atoms with Gasteiger partial charge < -0.3 is 10.1 Å². The van der Waals surface area contributed by atoms with E-state index in [1.54, 1.807) is 7.11 Å². The van der Waals surface area contributed by atoms with E-state index in [1.807, 2.05) is 54.6 Å². The van der Waals surface area contributed by atoms with Crippen LogP contribution >= 0.6 is 0 Å². The van der Waals surface area contributed by atoms with Gasteiger partial charge in [-0.15, -0.1) is 5.10 Å². The minimum absolute atomic E-state index is 0.177. The van der Waals surface area contributed by atoms with Crippen molar-refractivity contribution in [2.45, 2.75) is 12.6 Å². The molecule has 0 bridgehead atoms. The highest BCUT2D eigenvalue weighted by atomic mass is 16.5. The fourth-order valence-corrected chi connectivity index (χ4v) is 2.38. The molecule has 3 rings (SSSR count). The van der Waals surface area contributed by atoms with E-state index in [0.29, 0.717) is 6.54 Å². The summed E-state index contributed by atoms with van der Waals surface area (Å²) in [7, 11) is 1.62. The molecule has 1 heterocycles. The van der Waals surface area contributed by atoms with E-state index in [4.69, 9.17) is 4.74 Å². The molecule has 0 aliphatic rings. The predicted octanol–water partition coefficient (Wildman–Crippen LogP) is 1.59. The van der Waals surface area contributed by atoms with Crippen LogP contribution in [0.1, 0.15) is 17.2 Å². The van der Waals surface area contributed by atoms with Gasteiger partial charge in [-0.3, -0.25) is 4.79 Å². The van der Waals surface area contributed by atoms with Crippen LogP contribution in [0.4, 0.5) is 0 Å². The first-order valence-electron chi connectivity index (χ1n) is 7.46. The quantitative estimate of drug-likeness (QED) is 0.745. The highest BCUT2D eigenvalue weighted by Gasteiger charge is 2.23. The lowest BCUT2D eigenvalue weighted by molar-refractivity contribution is -0.123. The summed E-state index contributed by atoms with van der Waals surface area (Å²) < 4.78 is 6.57. The third kappa shape index (κ3) is 3.57. The van der Waals surface area contributed by atoms with E-state index in [1.165, 1.54) is 11.0 Å². The standard InChI is InChI=1S/C17H17N5O2/c1-24-15-9-7-13(8-10-15)11-18-17(23)16(22-12-19-20-21-22)14-5-3-2-4-6-14/h2-10,12,16H,11H2,1H3,(H,18,23)/t16-/m1/s1. The normalized spacial score (nSPS) is 11.7. The van der Waals surface area contributed by atoms with Crippen molar-refractivity contribution in [1.29, 1.82) is 0 Å². The van der Waals surface area contributed by atoms with Gasteiger partial charge in [-0.25, -0.2) is 4.68 Å². The van der Waals surface area contributed by atoms with E-state index >= 15 is 0 Å². The van der Waals surface area contributed by atoms with Crippen LogP contribution in [0.5, 0.6) is 5.75 Å². The second-order valence-corrected chi connectivity index (χ2v) is 5.17. The van der Waals surface area contributed by atoms with Crippen LogP contribution in [0, 0.1) is 0 Å². The van der Waals surface area contributed by atoms with Crippen molar-refractivity contribution in [2.24, 2.45) is 0 Å². The molecule has 122 valence electrons. The smallest absolute Gasteiger partial charge is 0.249 e. The Hall–Kier alpha value is -3.22. The number of amides is 1. The van der Waals surface area contributed by atoms with Gasteiger partial charge in [-0.1, -0.05) is 42.5 Å². The molecule has 1 aromatic heterocycles. The summed E-state index contributed by atoms with van der Waals surface area (Å²) >= 11 is 0. The third-order valence-corrected chi connectivity index (χ3v) is 3.62. The van der Waals surface area contributed by atoms with Gasteiger partial charge in [0.1, 0.15) is 12.1 Å². The van der Waals surface area contributed by atoms with Crippen molar-refractivity contribution in [1.82, 2.24) is 25.5 Å². The minimum Gasteiger partial charge on any atom is -0.497 e. The van der Waals surface area contributed by atoms with Crippen LogP contribution < -0.4 is 10.1 Å². The second-order valence-electron chi connectivity index (χ2n) is 5.17. The average molecular weight is 323 g/mol. The van der Waals surface area contributed by atoms with E-state index in [2.05, 4.69) is 20.8 Å². The molecule has 3 aromatic rings. The molecule has 1 N–H and O–H groups in total. The molecular weight excluding hydrogens is 306 g/mol. The van der Waals surface area contributed by atoms with Crippen molar-refractivity contribution < 1.29 is 9.53 Å². The van der Waals surface area contributed by atoms with Crippen LogP contribution in [0.3, 0.4) is 0 Å². The number of ether oxygens (including phenoxy) is 1. The maximum atomic E-state index is 12.7. The Kier molecular flexibility index (Phi) is 4.81. The molecular formula is C17H17N5O2. The summed E-state index contributed by atoms with van der Waals surface area (Å²) in [4.78, 5) is 12.7. The number of carbonyl (C=O) groups excluding carboxylic acids is 1. The van der Waals surface area contributed by atoms with E-state index in [9.17, 15) is 4.79 Å². The minimum atomic E-state index is -0.612. The van der Waals surface area contributed by atoms with E-state index < -0.39 is 6.04 Å².